The molecule has 0 radical (unpaired) electrons. The predicted octanol–water partition coefficient (Wildman–Crippen LogP) is 2.58. The van der Waals surface area contributed by atoms with Crippen LogP contribution >= 0.6 is 24.0 Å². The Bertz CT molecular complexity index is 496. The lowest BCUT2D eigenvalue weighted by Crippen LogP contribution is -2.48. The lowest BCUT2D eigenvalue weighted by molar-refractivity contribution is -0.121. The highest BCUT2D eigenvalue weighted by Crippen LogP contribution is 2.33. The zero-order valence-corrected chi connectivity index (χ0v) is 14.3. The fraction of sp³-hybridized carbons (Fsp3) is 0.533. The summed E-state index contributed by atoms with van der Waals surface area (Å²) in [6.45, 7) is 4.56. The van der Waals surface area contributed by atoms with Crippen molar-refractivity contribution in [1.82, 2.24) is 5.32 Å². The van der Waals surface area contributed by atoms with Crippen molar-refractivity contribution in [2.75, 3.05) is 38.7 Å². The van der Waals surface area contributed by atoms with Gasteiger partial charge in [0.05, 0.1) is 17.3 Å². The average Bonchev–Trinajstić information content (AvgIpc) is 2.40. The second kappa shape index (κ2) is 9.20. The molecule has 1 aliphatic rings. The number of amides is 1. The predicted molar refractivity (Wildman–Crippen MR) is 90.2 cm³/mol. The van der Waals surface area contributed by atoms with Gasteiger partial charge in [0.1, 0.15) is 6.61 Å². The number of rotatable bonds is 7. The molecule has 2 rings (SSSR count). The van der Waals surface area contributed by atoms with Crippen LogP contribution < -0.4 is 15.4 Å². The zero-order valence-electron chi connectivity index (χ0n) is 12.7. The molecular formula is C15H22Cl2N2O3. The summed E-state index contributed by atoms with van der Waals surface area (Å²) in [5.41, 5.74) is 0.600. The third-order valence-corrected chi connectivity index (χ3v) is 3.99. The molecule has 1 fully saturated rings. The zero-order chi connectivity index (χ0) is 15.2. The van der Waals surface area contributed by atoms with Gasteiger partial charge in [0.2, 0.25) is 5.91 Å². The number of halogens is 2. The van der Waals surface area contributed by atoms with Crippen LogP contribution in [0.25, 0.3) is 0 Å². The molecule has 0 bridgehead atoms. The maximum absolute atomic E-state index is 12.3. The number of hydrogen-bond acceptors (Lipinski definition) is 4. The van der Waals surface area contributed by atoms with E-state index in [1.165, 1.54) is 0 Å². The van der Waals surface area contributed by atoms with Crippen LogP contribution in [0.1, 0.15) is 6.92 Å². The Balaban J connectivity index is 0.00000242. The Morgan fingerprint density at radius 3 is 2.77 bits per heavy atom. The van der Waals surface area contributed by atoms with E-state index in [4.69, 9.17) is 21.1 Å². The number of methoxy groups -OCH3 is 1. The number of benzene rings is 1. The van der Waals surface area contributed by atoms with E-state index in [0.717, 1.165) is 13.1 Å². The van der Waals surface area contributed by atoms with Crippen molar-refractivity contribution in [3.05, 3.63) is 23.2 Å². The van der Waals surface area contributed by atoms with Crippen molar-refractivity contribution in [2.45, 2.75) is 6.92 Å². The van der Waals surface area contributed by atoms with Gasteiger partial charge in [-0.2, -0.15) is 0 Å². The average molecular weight is 349 g/mol. The second-order valence-electron chi connectivity index (χ2n) is 5.15. The standard InChI is InChI=1S/C15H21ClN2O3.ClH/c1-10(11-8-17-9-11)15(19)18-13-5-3-4-12(16)14(13)21-7-6-20-2;/h3-5,10-11,17H,6-9H2,1-2H3,(H,18,19);1H. The molecule has 1 atom stereocenters. The first-order valence-electron chi connectivity index (χ1n) is 7.05. The minimum absolute atomic E-state index is 0. The Hall–Kier alpha value is -1.01. The van der Waals surface area contributed by atoms with Crippen molar-refractivity contribution < 1.29 is 14.3 Å². The smallest absolute Gasteiger partial charge is 0.227 e. The Labute approximate surface area is 142 Å². The molecule has 0 spiro atoms. The Kier molecular flexibility index (Phi) is 7.96. The summed E-state index contributed by atoms with van der Waals surface area (Å²) in [4.78, 5) is 12.3. The highest BCUT2D eigenvalue weighted by Gasteiger charge is 2.29. The van der Waals surface area contributed by atoms with Crippen molar-refractivity contribution in [1.29, 1.82) is 0 Å². The van der Waals surface area contributed by atoms with Gasteiger partial charge >= 0.3 is 0 Å². The summed E-state index contributed by atoms with van der Waals surface area (Å²) in [6, 6.07) is 5.31. The molecule has 22 heavy (non-hydrogen) atoms. The Morgan fingerprint density at radius 2 is 2.18 bits per heavy atom. The van der Waals surface area contributed by atoms with E-state index in [1.54, 1.807) is 25.3 Å². The highest BCUT2D eigenvalue weighted by atomic mass is 35.5. The summed E-state index contributed by atoms with van der Waals surface area (Å²) in [5, 5.41) is 6.56. The van der Waals surface area contributed by atoms with Gasteiger partial charge in [-0.1, -0.05) is 24.6 Å². The normalized spacial score (nSPS) is 15.4. The fourth-order valence-corrected chi connectivity index (χ4v) is 2.34. The number of nitrogens with one attached hydrogen (secondary N) is 2. The number of carbonyl (C=O) groups excluding carboxylic acids is 1. The Morgan fingerprint density at radius 1 is 1.45 bits per heavy atom. The first-order valence-corrected chi connectivity index (χ1v) is 7.43. The highest BCUT2D eigenvalue weighted by molar-refractivity contribution is 6.32. The molecule has 5 nitrogen and oxygen atoms in total. The van der Waals surface area contributed by atoms with Crippen LogP contribution in [0.3, 0.4) is 0 Å². The van der Waals surface area contributed by atoms with Crippen LogP contribution in [-0.2, 0) is 9.53 Å². The van der Waals surface area contributed by atoms with E-state index in [9.17, 15) is 4.79 Å². The molecule has 2 N–H and O–H groups in total. The lowest BCUT2D eigenvalue weighted by Gasteiger charge is -2.31. The summed E-state index contributed by atoms with van der Waals surface area (Å²) in [5.74, 6) is 0.822. The molecule has 0 saturated carbocycles. The molecule has 1 heterocycles. The molecule has 1 aliphatic heterocycles. The van der Waals surface area contributed by atoms with Crippen LogP contribution in [0, 0.1) is 11.8 Å². The van der Waals surface area contributed by atoms with Gasteiger partial charge in [-0.05, 0) is 31.1 Å². The number of carbonyl (C=O) groups is 1. The SMILES string of the molecule is COCCOc1c(Cl)cccc1NC(=O)C(C)C1CNC1.Cl. The van der Waals surface area contributed by atoms with Crippen LogP contribution in [0.15, 0.2) is 18.2 Å². The lowest BCUT2D eigenvalue weighted by atomic mass is 9.88. The van der Waals surface area contributed by atoms with Gasteiger partial charge in [0.25, 0.3) is 0 Å². The monoisotopic (exact) mass is 348 g/mol. The van der Waals surface area contributed by atoms with E-state index < -0.39 is 0 Å². The number of ether oxygens (including phenoxy) is 2. The van der Waals surface area contributed by atoms with Gasteiger partial charge in [0, 0.05) is 13.0 Å². The van der Waals surface area contributed by atoms with Crippen molar-refractivity contribution >= 4 is 35.6 Å². The quantitative estimate of drug-likeness (QED) is 0.743. The summed E-state index contributed by atoms with van der Waals surface area (Å²) >= 11 is 6.15. The van der Waals surface area contributed by atoms with E-state index in [-0.39, 0.29) is 24.2 Å². The molecule has 1 aromatic rings. The van der Waals surface area contributed by atoms with Crippen LogP contribution in [-0.4, -0.2) is 39.3 Å². The minimum Gasteiger partial charge on any atom is -0.487 e. The molecule has 0 aromatic heterocycles. The molecule has 1 unspecified atom stereocenters. The van der Waals surface area contributed by atoms with Gasteiger partial charge in [0.15, 0.2) is 5.75 Å². The summed E-state index contributed by atoms with van der Waals surface area (Å²) in [7, 11) is 1.60. The maximum atomic E-state index is 12.3. The maximum Gasteiger partial charge on any atom is 0.227 e. The van der Waals surface area contributed by atoms with Gasteiger partial charge in [-0.25, -0.2) is 0 Å². The molecule has 1 aromatic carbocycles. The van der Waals surface area contributed by atoms with Crippen LogP contribution in [0.4, 0.5) is 5.69 Å². The number of para-hydroxylation sites is 1. The van der Waals surface area contributed by atoms with E-state index in [1.807, 2.05) is 6.92 Å². The minimum atomic E-state index is -0.0444. The van der Waals surface area contributed by atoms with Crippen molar-refractivity contribution in [2.24, 2.45) is 11.8 Å². The molecule has 7 heteroatoms. The largest absolute Gasteiger partial charge is 0.487 e. The van der Waals surface area contributed by atoms with E-state index in [2.05, 4.69) is 10.6 Å². The number of anilines is 1. The van der Waals surface area contributed by atoms with Crippen molar-refractivity contribution in [3.63, 3.8) is 0 Å². The molecule has 1 amide bonds. The molecular weight excluding hydrogens is 327 g/mol. The van der Waals surface area contributed by atoms with Crippen LogP contribution in [0.2, 0.25) is 5.02 Å². The topological polar surface area (TPSA) is 59.6 Å². The van der Waals surface area contributed by atoms with Crippen molar-refractivity contribution in [3.8, 4) is 5.75 Å². The third-order valence-electron chi connectivity index (χ3n) is 3.69. The molecule has 0 aliphatic carbocycles. The molecule has 1 saturated heterocycles. The van der Waals surface area contributed by atoms with Crippen LogP contribution in [0.5, 0.6) is 5.75 Å². The first-order chi connectivity index (χ1) is 10.1. The summed E-state index contributed by atoms with van der Waals surface area (Å²) in [6.07, 6.45) is 0. The van der Waals surface area contributed by atoms with E-state index >= 15 is 0 Å². The van der Waals surface area contributed by atoms with Gasteiger partial charge in [-0.3, -0.25) is 4.79 Å². The van der Waals surface area contributed by atoms with Gasteiger partial charge in [-0.15, -0.1) is 12.4 Å². The van der Waals surface area contributed by atoms with Gasteiger partial charge < -0.3 is 20.1 Å². The van der Waals surface area contributed by atoms with E-state index in [0.29, 0.717) is 35.6 Å². The second-order valence-corrected chi connectivity index (χ2v) is 5.56. The fourth-order valence-electron chi connectivity index (χ4n) is 2.11. The molecule has 124 valence electrons. The number of hydrogen-bond donors (Lipinski definition) is 2. The summed E-state index contributed by atoms with van der Waals surface area (Å²) < 4.78 is 10.6. The first kappa shape index (κ1) is 19.0. The third kappa shape index (κ3) is 4.74.